The van der Waals surface area contributed by atoms with E-state index >= 15 is 0 Å². The Balaban J connectivity index is 0.00000188. The topological polar surface area (TPSA) is 100 Å². The number of halogens is 2. The van der Waals surface area contributed by atoms with Gasteiger partial charge in [-0.05, 0) is 55.3 Å². The molecule has 0 aliphatic rings. The molecule has 0 spiro atoms. The highest BCUT2D eigenvalue weighted by molar-refractivity contribution is 6.31. The number of nitrogens with zero attached hydrogens (tertiary/aromatic N) is 2. The summed E-state index contributed by atoms with van der Waals surface area (Å²) in [6.45, 7) is 3.97. The molecule has 2 heterocycles. The Kier molecular flexibility index (Phi) is 9.30. The van der Waals surface area contributed by atoms with Crippen molar-refractivity contribution in [1.82, 2.24) is 14.5 Å². The molecule has 2 aromatic heterocycles. The number of hydrogen-bond donors (Lipinski definition) is 3. The fraction of sp³-hybridized carbons (Fsp3) is 0.114. The highest BCUT2D eigenvalue weighted by Gasteiger charge is 2.28. The largest absolute Gasteiger partial charge is 0.400 e. The molecule has 6 aromatic rings. The molecule has 1 unspecified atom stereocenters. The Morgan fingerprint density at radius 3 is 2.36 bits per heavy atom. The first-order chi connectivity index (χ1) is 21.3. The van der Waals surface area contributed by atoms with E-state index in [1.54, 1.807) is 18.2 Å². The molecular formula is C35H30Cl2N4O3. The fourth-order valence-electron chi connectivity index (χ4n) is 5.23. The van der Waals surface area contributed by atoms with Crippen LogP contribution < -0.4 is 5.32 Å². The van der Waals surface area contributed by atoms with Crippen LogP contribution in [0.25, 0.3) is 33.4 Å². The Hall–Kier alpha value is -4.69. The van der Waals surface area contributed by atoms with Gasteiger partial charge in [0.05, 0.1) is 23.8 Å². The lowest BCUT2D eigenvalue weighted by Crippen LogP contribution is -2.16. The number of aromatic nitrogens is 3. The lowest BCUT2D eigenvalue weighted by Gasteiger charge is -2.19. The fourth-order valence-corrected chi connectivity index (χ4v) is 5.53. The number of fused-ring (bicyclic) bond motifs is 1. The number of benzene rings is 4. The minimum Gasteiger partial charge on any atom is -0.400 e. The summed E-state index contributed by atoms with van der Waals surface area (Å²) in [7, 11) is 1.00. The molecule has 0 bridgehead atoms. The summed E-state index contributed by atoms with van der Waals surface area (Å²) in [6.07, 6.45) is 2.57. The van der Waals surface area contributed by atoms with E-state index in [2.05, 4.69) is 21.8 Å². The van der Waals surface area contributed by atoms with E-state index in [-0.39, 0.29) is 11.9 Å². The SMILES string of the molecule is CO.Cc1ccc(C=O)cc1NC(=O)c1[nH]c2cc(Cl)ccc2c1-c1c(-c2ccccc2)ncn1C(C)c1ccc(Cl)cc1. The van der Waals surface area contributed by atoms with Crippen LogP contribution in [0.1, 0.15) is 44.9 Å². The number of aryl methyl sites for hydroxylation is 1. The smallest absolute Gasteiger partial charge is 0.272 e. The van der Waals surface area contributed by atoms with Crippen LogP contribution in [0.15, 0.2) is 97.3 Å². The number of aldehydes is 1. The number of aliphatic hydroxyl groups is 1. The number of aliphatic hydroxyl groups excluding tert-OH is 1. The number of rotatable bonds is 7. The third-order valence-corrected chi connectivity index (χ3v) is 7.97. The van der Waals surface area contributed by atoms with Gasteiger partial charge in [-0.15, -0.1) is 0 Å². The van der Waals surface area contributed by atoms with Gasteiger partial charge in [-0.1, -0.05) is 83.9 Å². The minimum atomic E-state index is -0.352. The molecule has 0 radical (unpaired) electrons. The molecular weight excluding hydrogens is 595 g/mol. The monoisotopic (exact) mass is 624 g/mol. The third kappa shape index (κ3) is 6.03. The number of imidazole rings is 1. The molecule has 6 rings (SSSR count). The van der Waals surface area contributed by atoms with E-state index in [9.17, 15) is 9.59 Å². The molecule has 222 valence electrons. The van der Waals surface area contributed by atoms with Crippen molar-refractivity contribution in [2.75, 3.05) is 12.4 Å². The van der Waals surface area contributed by atoms with Crippen LogP contribution in [0.4, 0.5) is 5.69 Å². The standard InChI is InChI=1S/C34H26Cl2N4O2.CH4O/c1-20-8-9-22(18-41)16-28(20)39-34(42)32-30(27-15-14-26(36)17-29(27)38-32)33-31(24-6-4-3-5-7-24)37-19-40(33)21(2)23-10-12-25(35)13-11-23;1-2/h3-19,21,38H,1-2H3,(H,39,42);2H,1H3. The maximum Gasteiger partial charge on any atom is 0.272 e. The number of hydrogen-bond acceptors (Lipinski definition) is 4. The van der Waals surface area contributed by atoms with Crippen LogP contribution in [0.3, 0.4) is 0 Å². The van der Waals surface area contributed by atoms with Crippen molar-refractivity contribution >= 4 is 52.0 Å². The first kappa shape index (κ1) is 30.8. The van der Waals surface area contributed by atoms with Gasteiger partial charge >= 0.3 is 0 Å². The van der Waals surface area contributed by atoms with Gasteiger partial charge in [0.25, 0.3) is 5.91 Å². The number of H-pyrrole nitrogens is 1. The van der Waals surface area contributed by atoms with Crippen LogP contribution in [0, 0.1) is 6.92 Å². The number of amides is 1. The number of anilines is 1. The Morgan fingerprint density at radius 2 is 1.66 bits per heavy atom. The molecule has 0 aliphatic carbocycles. The minimum absolute atomic E-state index is 0.137. The summed E-state index contributed by atoms with van der Waals surface area (Å²) in [6, 6.07) is 28.2. The summed E-state index contributed by atoms with van der Waals surface area (Å²) in [5, 5.41) is 12.0. The predicted molar refractivity (Wildman–Crippen MR) is 178 cm³/mol. The summed E-state index contributed by atoms with van der Waals surface area (Å²) in [5.74, 6) is -0.352. The van der Waals surface area contributed by atoms with Gasteiger partial charge in [-0.3, -0.25) is 9.59 Å². The van der Waals surface area contributed by atoms with Crippen LogP contribution in [0.5, 0.6) is 0 Å². The highest BCUT2D eigenvalue weighted by Crippen LogP contribution is 2.41. The molecule has 0 saturated carbocycles. The molecule has 3 N–H and O–H groups in total. The van der Waals surface area contributed by atoms with Crippen molar-refractivity contribution in [3.05, 3.63) is 130 Å². The van der Waals surface area contributed by atoms with E-state index in [4.69, 9.17) is 33.3 Å². The zero-order valence-electron chi connectivity index (χ0n) is 24.3. The molecule has 7 nitrogen and oxygen atoms in total. The van der Waals surface area contributed by atoms with Gasteiger partial charge < -0.3 is 20.0 Å². The van der Waals surface area contributed by atoms with E-state index in [0.29, 0.717) is 38.1 Å². The second-order valence-electron chi connectivity index (χ2n) is 10.2. The first-order valence-corrected chi connectivity index (χ1v) is 14.6. The van der Waals surface area contributed by atoms with Crippen LogP contribution in [-0.2, 0) is 0 Å². The molecule has 0 fully saturated rings. The van der Waals surface area contributed by atoms with Crippen molar-refractivity contribution in [3.63, 3.8) is 0 Å². The normalized spacial score (nSPS) is 11.5. The first-order valence-electron chi connectivity index (χ1n) is 13.8. The summed E-state index contributed by atoms with van der Waals surface area (Å²) >= 11 is 12.6. The average molecular weight is 626 g/mol. The molecule has 44 heavy (non-hydrogen) atoms. The quantitative estimate of drug-likeness (QED) is 0.155. The average Bonchev–Trinajstić information content (AvgIpc) is 3.65. The molecule has 9 heteroatoms. The molecule has 1 amide bonds. The van der Waals surface area contributed by atoms with Gasteiger partial charge in [-0.2, -0.15) is 0 Å². The second kappa shape index (κ2) is 13.3. The van der Waals surface area contributed by atoms with Gasteiger partial charge in [-0.25, -0.2) is 4.98 Å². The van der Waals surface area contributed by atoms with Crippen LogP contribution in [-0.4, -0.2) is 38.9 Å². The Labute approximate surface area is 265 Å². The van der Waals surface area contributed by atoms with E-state index in [0.717, 1.165) is 46.9 Å². The van der Waals surface area contributed by atoms with Crippen molar-refractivity contribution in [1.29, 1.82) is 0 Å². The lowest BCUT2D eigenvalue weighted by atomic mass is 9.99. The molecule has 0 saturated heterocycles. The van der Waals surface area contributed by atoms with E-state index in [1.807, 2.05) is 86.0 Å². The predicted octanol–water partition coefficient (Wildman–Crippen LogP) is 8.60. The molecule has 0 aliphatic heterocycles. The summed E-state index contributed by atoms with van der Waals surface area (Å²) in [5.41, 5.74) is 7.09. The van der Waals surface area contributed by atoms with Crippen molar-refractivity contribution in [3.8, 4) is 22.5 Å². The summed E-state index contributed by atoms with van der Waals surface area (Å²) in [4.78, 5) is 33.7. The van der Waals surface area contributed by atoms with Gasteiger partial charge in [0, 0.05) is 50.4 Å². The Morgan fingerprint density at radius 1 is 0.955 bits per heavy atom. The number of nitrogens with one attached hydrogen (secondary N) is 2. The second-order valence-corrected chi connectivity index (χ2v) is 11.0. The van der Waals surface area contributed by atoms with Crippen molar-refractivity contribution in [2.24, 2.45) is 0 Å². The molecule has 4 aromatic carbocycles. The zero-order chi connectivity index (χ0) is 31.4. The maximum atomic E-state index is 14.1. The highest BCUT2D eigenvalue weighted by atomic mass is 35.5. The third-order valence-electron chi connectivity index (χ3n) is 7.48. The van der Waals surface area contributed by atoms with Gasteiger partial charge in [0.1, 0.15) is 12.0 Å². The van der Waals surface area contributed by atoms with E-state index in [1.165, 1.54) is 0 Å². The molecule has 1 atom stereocenters. The number of aromatic amines is 1. The van der Waals surface area contributed by atoms with Crippen molar-refractivity contribution < 1.29 is 14.7 Å². The number of carbonyl (C=O) groups is 2. The van der Waals surface area contributed by atoms with Crippen LogP contribution >= 0.6 is 23.2 Å². The van der Waals surface area contributed by atoms with Crippen LogP contribution in [0.2, 0.25) is 10.0 Å². The zero-order valence-corrected chi connectivity index (χ0v) is 25.8. The van der Waals surface area contributed by atoms with E-state index < -0.39 is 0 Å². The summed E-state index contributed by atoms with van der Waals surface area (Å²) < 4.78 is 2.08. The van der Waals surface area contributed by atoms with Gasteiger partial charge in [0.15, 0.2) is 0 Å². The lowest BCUT2D eigenvalue weighted by molar-refractivity contribution is 0.102. The number of carbonyl (C=O) groups excluding carboxylic acids is 2. The maximum absolute atomic E-state index is 14.1. The van der Waals surface area contributed by atoms with Crippen molar-refractivity contribution in [2.45, 2.75) is 19.9 Å². The Bertz CT molecular complexity index is 1950. The van der Waals surface area contributed by atoms with Gasteiger partial charge in [0.2, 0.25) is 0 Å².